The van der Waals surface area contributed by atoms with Crippen LogP contribution in [0.15, 0.2) is 39.6 Å². The van der Waals surface area contributed by atoms with E-state index in [0.29, 0.717) is 5.69 Å². The minimum Gasteiger partial charge on any atom is -0.505 e. The molecule has 1 amide bonds. The van der Waals surface area contributed by atoms with Gasteiger partial charge in [-0.2, -0.15) is 9.78 Å². The van der Waals surface area contributed by atoms with Gasteiger partial charge in [0.05, 0.1) is 11.8 Å². The SMILES string of the molecule is CC(O)C(NC(=O)c1nn(-c2ccc(Br)cc2)c(=O)cc1O)C(=O)O. The van der Waals surface area contributed by atoms with Crippen LogP contribution in [0.25, 0.3) is 5.69 Å². The highest BCUT2D eigenvalue weighted by molar-refractivity contribution is 9.10. The van der Waals surface area contributed by atoms with Gasteiger partial charge in [0.25, 0.3) is 11.5 Å². The van der Waals surface area contributed by atoms with E-state index in [0.717, 1.165) is 15.2 Å². The van der Waals surface area contributed by atoms with E-state index in [2.05, 4.69) is 21.0 Å². The number of hydrogen-bond donors (Lipinski definition) is 4. The second-order valence-corrected chi connectivity index (χ2v) is 6.05. The standard InChI is InChI=1S/C15H14BrN3O6/c1-7(20)12(15(24)25)17-14(23)13-10(21)6-11(22)19(18-13)9-4-2-8(16)3-5-9/h2-7,12,20-21H,1H3,(H,17,23)(H,24,25). The Labute approximate surface area is 149 Å². The number of aromatic hydroxyl groups is 1. The quantitative estimate of drug-likeness (QED) is 0.552. The predicted octanol–water partition coefficient (Wildman–Crippen LogP) is 0.264. The number of benzene rings is 1. The van der Waals surface area contributed by atoms with E-state index in [1.165, 1.54) is 6.92 Å². The number of aliphatic carboxylic acids is 1. The summed E-state index contributed by atoms with van der Waals surface area (Å²) < 4.78 is 1.65. The van der Waals surface area contributed by atoms with Gasteiger partial charge in [0.1, 0.15) is 0 Å². The van der Waals surface area contributed by atoms with Crippen molar-refractivity contribution >= 4 is 27.8 Å². The Morgan fingerprint density at radius 3 is 2.40 bits per heavy atom. The van der Waals surface area contributed by atoms with Gasteiger partial charge in [0.15, 0.2) is 17.5 Å². The molecule has 0 saturated carbocycles. The minimum absolute atomic E-state index is 0.340. The zero-order valence-corrected chi connectivity index (χ0v) is 14.5. The maximum absolute atomic E-state index is 12.2. The minimum atomic E-state index is -1.60. The number of carboxylic acid groups (broad SMARTS) is 1. The van der Waals surface area contributed by atoms with Crippen LogP contribution in [0.4, 0.5) is 0 Å². The van der Waals surface area contributed by atoms with Crippen LogP contribution in [0.5, 0.6) is 5.75 Å². The number of hydrogen-bond acceptors (Lipinski definition) is 6. The maximum Gasteiger partial charge on any atom is 0.328 e. The van der Waals surface area contributed by atoms with Gasteiger partial charge in [-0.3, -0.25) is 9.59 Å². The highest BCUT2D eigenvalue weighted by Gasteiger charge is 2.27. The second-order valence-electron chi connectivity index (χ2n) is 5.13. The molecule has 132 valence electrons. The topological polar surface area (TPSA) is 142 Å². The van der Waals surface area contributed by atoms with Crippen molar-refractivity contribution in [3.8, 4) is 11.4 Å². The van der Waals surface area contributed by atoms with Crippen molar-refractivity contribution in [2.75, 3.05) is 0 Å². The summed E-state index contributed by atoms with van der Waals surface area (Å²) in [7, 11) is 0. The van der Waals surface area contributed by atoms with Crippen molar-refractivity contribution in [1.29, 1.82) is 0 Å². The third-order valence-electron chi connectivity index (χ3n) is 3.23. The molecule has 1 aromatic carbocycles. The smallest absolute Gasteiger partial charge is 0.328 e. The predicted molar refractivity (Wildman–Crippen MR) is 89.8 cm³/mol. The first-order valence-corrected chi connectivity index (χ1v) is 7.81. The number of rotatable bonds is 5. The molecule has 0 saturated heterocycles. The van der Waals surface area contributed by atoms with Crippen molar-refractivity contribution in [2.24, 2.45) is 0 Å². The van der Waals surface area contributed by atoms with E-state index in [1.54, 1.807) is 24.3 Å². The summed E-state index contributed by atoms with van der Waals surface area (Å²) in [6, 6.07) is 5.64. The fraction of sp³-hybridized carbons (Fsp3) is 0.200. The van der Waals surface area contributed by atoms with Crippen LogP contribution in [-0.4, -0.2) is 49.1 Å². The monoisotopic (exact) mass is 411 g/mol. The van der Waals surface area contributed by atoms with Gasteiger partial charge in [-0.05, 0) is 31.2 Å². The van der Waals surface area contributed by atoms with Crippen molar-refractivity contribution in [1.82, 2.24) is 15.1 Å². The molecule has 0 aliphatic heterocycles. The molecule has 0 fully saturated rings. The lowest BCUT2D eigenvalue weighted by molar-refractivity contribution is -0.141. The number of carbonyl (C=O) groups excluding carboxylic acids is 1. The first-order chi connectivity index (χ1) is 11.7. The van der Waals surface area contributed by atoms with Crippen molar-refractivity contribution in [3.05, 3.63) is 50.9 Å². The molecule has 2 aromatic rings. The molecule has 0 aliphatic rings. The van der Waals surface area contributed by atoms with Crippen LogP contribution >= 0.6 is 15.9 Å². The number of amides is 1. The summed E-state index contributed by atoms with van der Waals surface area (Å²) in [5.41, 5.74) is -0.885. The van der Waals surface area contributed by atoms with Gasteiger partial charge in [-0.1, -0.05) is 15.9 Å². The molecule has 1 heterocycles. The average molecular weight is 412 g/mol. The Kier molecular flexibility index (Phi) is 5.55. The molecule has 0 spiro atoms. The fourth-order valence-corrected chi connectivity index (χ4v) is 2.24. The van der Waals surface area contributed by atoms with Gasteiger partial charge < -0.3 is 20.6 Å². The van der Waals surface area contributed by atoms with Crippen LogP contribution in [0.1, 0.15) is 17.4 Å². The lowest BCUT2D eigenvalue weighted by Gasteiger charge is -2.17. The molecule has 0 aliphatic carbocycles. The van der Waals surface area contributed by atoms with Crippen LogP contribution in [0, 0.1) is 0 Å². The first-order valence-electron chi connectivity index (χ1n) is 7.01. The number of aliphatic hydroxyl groups excluding tert-OH is 1. The number of nitrogens with one attached hydrogen (secondary N) is 1. The first kappa shape index (κ1) is 18.6. The summed E-state index contributed by atoms with van der Waals surface area (Å²) in [5, 5.41) is 34.1. The summed E-state index contributed by atoms with van der Waals surface area (Å²) in [4.78, 5) is 35.3. The Balaban J connectivity index is 2.43. The van der Waals surface area contributed by atoms with Gasteiger partial charge >= 0.3 is 5.97 Å². The molecule has 1 aromatic heterocycles. The molecule has 0 radical (unpaired) electrons. The van der Waals surface area contributed by atoms with E-state index >= 15 is 0 Å². The number of nitrogens with zero attached hydrogens (tertiary/aromatic N) is 2. The van der Waals surface area contributed by atoms with Gasteiger partial charge in [-0.25, -0.2) is 4.79 Å². The summed E-state index contributed by atoms with van der Waals surface area (Å²) in [6.07, 6.45) is -1.37. The molecular formula is C15H14BrN3O6. The van der Waals surface area contributed by atoms with E-state index in [1.807, 2.05) is 5.32 Å². The van der Waals surface area contributed by atoms with Gasteiger partial charge in [-0.15, -0.1) is 0 Å². The van der Waals surface area contributed by atoms with Crippen LogP contribution in [0.2, 0.25) is 0 Å². The molecule has 2 unspecified atom stereocenters. The summed E-state index contributed by atoms with van der Waals surface area (Å²) in [5.74, 6) is -3.20. The Bertz CT molecular complexity index is 863. The normalized spacial score (nSPS) is 13.1. The highest BCUT2D eigenvalue weighted by Crippen LogP contribution is 2.15. The van der Waals surface area contributed by atoms with Crippen molar-refractivity contribution < 1.29 is 24.9 Å². The third kappa shape index (κ3) is 4.22. The number of carbonyl (C=O) groups is 2. The lowest BCUT2D eigenvalue weighted by atomic mass is 10.2. The average Bonchev–Trinajstić information content (AvgIpc) is 2.53. The molecule has 25 heavy (non-hydrogen) atoms. The lowest BCUT2D eigenvalue weighted by Crippen LogP contribution is -2.48. The maximum atomic E-state index is 12.2. The van der Waals surface area contributed by atoms with Crippen molar-refractivity contribution in [3.63, 3.8) is 0 Å². The van der Waals surface area contributed by atoms with Crippen LogP contribution in [0.3, 0.4) is 0 Å². The van der Waals surface area contributed by atoms with Gasteiger partial charge in [0.2, 0.25) is 0 Å². The van der Waals surface area contributed by atoms with E-state index in [4.69, 9.17) is 5.11 Å². The molecule has 0 bridgehead atoms. The highest BCUT2D eigenvalue weighted by atomic mass is 79.9. The third-order valence-corrected chi connectivity index (χ3v) is 3.76. The number of aliphatic hydroxyl groups is 1. The number of aromatic nitrogens is 2. The van der Waals surface area contributed by atoms with Crippen LogP contribution < -0.4 is 10.9 Å². The van der Waals surface area contributed by atoms with E-state index in [-0.39, 0.29) is 0 Å². The molecule has 10 heteroatoms. The fourth-order valence-electron chi connectivity index (χ4n) is 1.97. The second kappa shape index (κ2) is 7.45. The number of carboxylic acids is 1. The van der Waals surface area contributed by atoms with E-state index in [9.17, 15) is 24.6 Å². The van der Waals surface area contributed by atoms with E-state index < -0.39 is 41.0 Å². The molecule has 2 rings (SSSR count). The summed E-state index contributed by atoms with van der Waals surface area (Å²) in [6.45, 7) is 1.19. The zero-order chi connectivity index (χ0) is 18.7. The van der Waals surface area contributed by atoms with Crippen LogP contribution in [-0.2, 0) is 4.79 Å². The van der Waals surface area contributed by atoms with Crippen molar-refractivity contribution in [2.45, 2.75) is 19.1 Å². The molecular weight excluding hydrogens is 398 g/mol. The number of halogens is 1. The molecule has 4 N–H and O–H groups in total. The van der Waals surface area contributed by atoms with Gasteiger partial charge in [0, 0.05) is 10.5 Å². The molecule has 9 nitrogen and oxygen atoms in total. The largest absolute Gasteiger partial charge is 0.505 e. The Morgan fingerprint density at radius 2 is 1.88 bits per heavy atom. The molecule has 2 atom stereocenters. The Morgan fingerprint density at radius 1 is 1.28 bits per heavy atom. The zero-order valence-electron chi connectivity index (χ0n) is 12.9. The summed E-state index contributed by atoms with van der Waals surface area (Å²) >= 11 is 3.25. The Hall–Kier alpha value is -2.72.